The first-order chi connectivity index (χ1) is 14.8. The molecule has 7 heteroatoms. The minimum Gasteiger partial charge on any atom is -0.343 e. The fraction of sp³-hybridized carbons (Fsp3) is 0.500. The van der Waals surface area contributed by atoms with E-state index < -0.39 is 0 Å². The molecule has 1 aromatic carbocycles. The molecule has 0 N–H and O–H groups in total. The van der Waals surface area contributed by atoms with Gasteiger partial charge in [-0.2, -0.15) is 0 Å². The first kappa shape index (κ1) is 22.2. The highest BCUT2D eigenvalue weighted by Gasteiger charge is 2.38. The van der Waals surface area contributed by atoms with Gasteiger partial charge in [-0.25, -0.2) is 0 Å². The lowest BCUT2D eigenvalue weighted by molar-refractivity contribution is -0.134. The molecule has 0 fully saturated rings. The molecule has 31 heavy (non-hydrogen) atoms. The van der Waals surface area contributed by atoms with Crippen LogP contribution in [0.15, 0.2) is 28.9 Å². The summed E-state index contributed by atoms with van der Waals surface area (Å²) in [4.78, 5) is 32.2. The van der Waals surface area contributed by atoms with Gasteiger partial charge < -0.3 is 9.80 Å². The van der Waals surface area contributed by atoms with Gasteiger partial charge in [0.15, 0.2) is 0 Å². The number of benzene rings is 1. The molecule has 4 rings (SSSR count). The second kappa shape index (κ2) is 8.52. The Bertz CT molecular complexity index is 1070. The van der Waals surface area contributed by atoms with Gasteiger partial charge in [0.05, 0.1) is 22.6 Å². The van der Waals surface area contributed by atoms with Crippen LogP contribution in [0.2, 0.25) is 0 Å². The van der Waals surface area contributed by atoms with Crippen LogP contribution >= 0.6 is 15.9 Å². The number of halogens is 1. The van der Waals surface area contributed by atoms with E-state index in [-0.39, 0.29) is 23.8 Å². The van der Waals surface area contributed by atoms with E-state index in [4.69, 9.17) is 0 Å². The third kappa shape index (κ3) is 3.66. The molecule has 0 bridgehead atoms. The molecule has 0 saturated heterocycles. The fourth-order valence-electron chi connectivity index (χ4n) is 5.10. The van der Waals surface area contributed by atoms with E-state index in [9.17, 15) is 9.59 Å². The number of carbonyl (C=O) groups is 2. The van der Waals surface area contributed by atoms with Crippen LogP contribution < -0.4 is 0 Å². The van der Waals surface area contributed by atoms with Gasteiger partial charge in [-0.3, -0.25) is 19.1 Å². The number of hydrogen-bond donors (Lipinski definition) is 0. The summed E-state index contributed by atoms with van der Waals surface area (Å²) in [7, 11) is 5.92. The topological polar surface area (TPSA) is 48.8 Å². The molecule has 2 aliphatic rings. The fourth-order valence-corrected chi connectivity index (χ4v) is 5.85. The first-order valence-electron chi connectivity index (χ1n) is 11.0. The van der Waals surface area contributed by atoms with Crippen molar-refractivity contribution in [3.63, 3.8) is 0 Å². The highest BCUT2D eigenvalue weighted by Crippen LogP contribution is 2.44. The maximum Gasteiger partial charge on any atom is 0.246 e. The largest absolute Gasteiger partial charge is 0.343 e. The van der Waals surface area contributed by atoms with Crippen molar-refractivity contribution in [3.05, 3.63) is 40.0 Å². The van der Waals surface area contributed by atoms with E-state index in [1.807, 2.05) is 54.4 Å². The van der Waals surface area contributed by atoms with Crippen molar-refractivity contribution in [1.82, 2.24) is 19.3 Å². The monoisotopic (exact) mass is 486 g/mol. The van der Waals surface area contributed by atoms with Gasteiger partial charge in [0.2, 0.25) is 11.8 Å². The van der Waals surface area contributed by atoms with Crippen LogP contribution in [0.25, 0.3) is 16.5 Å². The Labute approximate surface area is 192 Å². The van der Waals surface area contributed by atoms with Crippen molar-refractivity contribution < 1.29 is 9.59 Å². The van der Waals surface area contributed by atoms with Crippen LogP contribution in [0.3, 0.4) is 0 Å². The Morgan fingerprint density at radius 1 is 1.19 bits per heavy atom. The molecule has 0 radical (unpaired) electrons. The van der Waals surface area contributed by atoms with Gasteiger partial charge in [-0.15, -0.1) is 0 Å². The molecule has 166 valence electrons. The van der Waals surface area contributed by atoms with E-state index >= 15 is 0 Å². The van der Waals surface area contributed by atoms with E-state index in [1.165, 1.54) is 11.1 Å². The predicted molar refractivity (Wildman–Crippen MR) is 128 cm³/mol. The lowest BCUT2D eigenvalue weighted by atomic mass is 9.79. The Hall–Kier alpha value is -1.96. The Kier molecular flexibility index (Phi) is 6.12. The highest BCUT2D eigenvalue weighted by atomic mass is 79.9. The third-order valence-corrected chi connectivity index (χ3v) is 7.42. The molecule has 2 unspecified atom stereocenters. The number of fused-ring (bicyclic) bond motifs is 2. The van der Waals surface area contributed by atoms with Crippen LogP contribution in [-0.2, 0) is 11.2 Å². The van der Waals surface area contributed by atoms with Gasteiger partial charge >= 0.3 is 0 Å². The van der Waals surface area contributed by atoms with Crippen LogP contribution in [-0.4, -0.2) is 84.4 Å². The summed E-state index contributed by atoms with van der Waals surface area (Å²) in [6.07, 6.45) is 3.01. The molecule has 2 aromatic rings. The number of rotatable bonds is 5. The summed E-state index contributed by atoms with van der Waals surface area (Å²) in [6, 6.07) is 6.38. The minimum atomic E-state index is -0.145. The summed E-state index contributed by atoms with van der Waals surface area (Å²) in [5.41, 5.74) is 4.47. The first-order valence-corrected chi connectivity index (χ1v) is 11.8. The average molecular weight is 487 g/mol. The standard InChI is InChI=1S/C24H31BrN4O2/c1-6-28(7-2)24(31)15-11-17-16-9-8-10-19-22(16)18(12-20(17)27(5)13-15)23(25)29(19)21(30)14-26(3)4/h8-11,15,20H,6-7,12-14H2,1-5H3. The van der Waals surface area contributed by atoms with Crippen LogP contribution in [0.4, 0.5) is 0 Å². The number of carbonyl (C=O) groups excluding carboxylic acids is 2. The van der Waals surface area contributed by atoms with Crippen LogP contribution in [0, 0.1) is 5.92 Å². The molecule has 1 aliphatic heterocycles. The number of likely N-dealkylation sites (N-methyl/N-ethyl adjacent to an activating group) is 2. The smallest absolute Gasteiger partial charge is 0.246 e. The molecule has 0 saturated carbocycles. The molecule has 0 spiro atoms. The molecule has 6 nitrogen and oxygen atoms in total. The second-order valence-electron chi connectivity index (χ2n) is 8.83. The lowest BCUT2D eigenvalue weighted by Crippen LogP contribution is -2.47. The van der Waals surface area contributed by atoms with Crippen molar-refractivity contribution >= 4 is 44.2 Å². The van der Waals surface area contributed by atoms with Crippen molar-refractivity contribution in [3.8, 4) is 0 Å². The zero-order valence-corrected chi connectivity index (χ0v) is 20.6. The van der Waals surface area contributed by atoms with Gasteiger partial charge in [0.25, 0.3) is 0 Å². The number of aromatic nitrogens is 1. The molecular weight excluding hydrogens is 456 g/mol. The zero-order chi connectivity index (χ0) is 22.4. The molecule has 1 aromatic heterocycles. The maximum absolute atomic E-state index is 13.1. The quantitative estimate of drug-likeness (QED) is 0.650. The molecule has 2 heterocycles. The average Bonchev–Trinajstić information content (AvgIpc) is 3.01. The Balaban J connectivity index is 1.85. The minimum absolute atomic E-state index is 0.0482. The molecule has 1 amide bonds. The maximum atomic E-state index is 13.1. The lowest BCUT2D eigenvalue weighted by Gasteiger charge is -2.40. The summed E-state index contributed by atoms with van der Waals surface area (Å²) in [6.45, 7) is 6.58. The van der Waals surface area contributed by atoms with Crippen molar-refractivity contribution in [2.45, 2.75) is 26.3 Å². The van der Waals surface area contributed by atoms with E-state index in [2.05, 4.69) is 40.0 Å². The Morgan fingerprint density at radius 3 is 2.55 bits per heavy atom. The summed E-state index contributed by atoms with van der Waals surface area (Å²) >= 11 is 3.75. The predicted octanol–water partition coefficient (Wildman–Crippen LogP) is 3.34. The van der Waals surface area contributed by atoms with E-state index in [0.29, 0.717) is 13.1 Å². The van der Waals surface area contributed by atoms with E-state index in [0.717, 1.165) is 40.6 Å². The number of nitrogens with zero attached hydrogens (tertiary/aromatic N) is 4. The SMILES string of the molecule is CCN(CC)C(=O)C1C=C2c3cccc4c3c(c(Br)n4C(=O)CN(C)C)CC2N(C)C1. The second-order valence-corrected chi connectivity index (χ2v) is 9.59. The summed E-state index contributed by atoms with van der Waals surface area (Å²) in [5.74, 6) is 0.0987. The van der Waals surface area contributed by atoms with Gasteiger partial charge in [-0.05, 0) is 80.1 Å². The summed E-state index contributed by atoms with van der Waals surface area (Å²) in [5, 5.41) is 1.13. The van der Waals surface area contributed by atoms with Gasteiger partial charge in [0.1, 0.15) is 0 Å². The van der Waals surface area contributed by atoms with Crippen molar-refractivity contribution in [1.29, 1.82) is 0 Å². The zero-order valence-electron chi connectivity index (χ0n) is 19.0. The highest BCUT2D eigenvalue weighted by molar-refractivity contribution is 9.10. The third-order valence-electron chi connectivity index (χ3n) is 6.59. The van der Waals surface area contributed by atoms with Crippen molar-refractivity contribution in [2.75, 3.05) is 47.3 Å². The molecular formula is C24H31BrN4O2. The Morgan fingerprint density at radius 2 is 1.90 bits per heavy atom. The van der Waals surface area contributed by atoms with E-state index in [1.54, 1.807) is 0 Å². The van der Waals surface area contributed by atoms with Gasteiger partial charge in [0, 0.05) is 31.1 Å². The van der Waals surface area contributed by atoms with Gasteiger partial charge in [-0.1, -0.05) is 18.2 Å². The number of hydrogen-bond acceptors (Lipinski definition) is 4. The molecule has 2 atom stereocenters. The van der Waals surface area contributed by atoms with Crippen LogP contribution in [0.5, 0.6) is 0 Å². The van der Waals surface area contributed by atoms with Crippen molar-refractivity contribution in [2.24, 2.45) is 5.92 Å². The molecule has 1 aliphatic carbocycles. The van der Waals surface area contributed by atoms with Crippen LogP contribution in [0.1, 0.15) is 29.8 Å². The summed E-state index contributed by atoms with van der Waals surface area (Å²) < 4.78 is 2.67. The number of amides is 1. The normalized spacial score (nSPS) is 20.7.